The first-order valence-corrected chi connectivity index (χ1v) is 11.0. The van der Waals surface area contributed by atoms with Gasteiger partial charge < -0.3 is 5.11 Å². The number of hydrogen-bond donors (Lipinski definition) is 1. The Bertz CT molecular complexity index is 837. The van der Waals surface area contributed by atoms with Crippen LogP contribution >= 0.6 is 0 Å². The van der Waals surface area contributed by atoms with Gasteiger partial charge in [0.25, 0.3) is 0 Å². The first kappa shape index (κ1) is 21.5. The number of ketones is 1. The second kappa shape index (κ2) is 7.93. The van der Waals surface area contributed by atoms with Crippen LogP contribution in [-0.2, 0) is 9.59 Å². The summed E-state index contributed by atoms with van der Waals surface area (Å²) in [6.07, 6.45) is 8.46. The molecule has 0 heterocycles. The SMILES string of the molecule is CCC1=C[C@@](/C=C/c2ccccc2)(CC)[C@](CC)(C(=O)O)[C@@H]2[C@@H]1[C@H](C)C(=O)[C@H]2C. The highest BCUT2D eigenvalue weighted by Gasteiger charge is 2.67. The van der Waals surface area contributed by atoms with Crippen LogP contribution in [0, 0.1) is 34.5 Å². The minimum atomic E-state index is -0.990. The van der Waals surface area contributed by atoms with Crippen molar-refractivity contribution in [2.75, 3.05) is 0 Å². The summed E-state index contributed by atoms with van der Waals surface area (Å²) in [6, 6.07) is 10.0. The Balaban J connectivity index is 2.28. The van der Waals surface area contributed by atoms with Gasteiger partial charge in [-0.05, 0) is 36.7 Å². The van der Waals surface area contributed by atoms with Crippen molar-refractivity contribution in [1.82, 2.24) is 0 Å². The smallest absolute Gasteiger partial charge is 0.311 e. The number of carboxylic acid groups (broad SMARTS) is 1. The molecule has 1 saturated carbocycles. The van der Waals surface area contributed by atoms with Gasteiger partial charge >= 0.3 is 5.97 Å². The van der Waals surface area contributed by atoms with E-state index < -0.39 is 16.8 Å². The van der Waals surface area contributed by atoms with Crippen molar-refractivity contribution in [3.63, 3.8) is 0 Å². The lowest BCUT2D eigenvalue weighted by Gasteiger charge is -2.55. The van der Waals surface area contributed by atoms with Crippen LogP contribution in [0.15, 0.2) is 48.1 Å². The topological polar surface area (TPSA) is 54.4 Å². The molecule has 0 amide bonds. The first-order chi connectivity index (χ1) is 13.8. The lowest BCUT2D eigenvalue weighted by molar-refractivity contribution is -0.165. The summed E-state index contributed by atoms with van der Waals surface area (Å²) in [6.45, 7) is 10.1. The van der Waals surface area contributed by atoms with E-state index in [-0.39, 0.29) is 29.5 Å². The number of carbonyl (C=O) groups excluding carboxylic acids is 1. The van der Waals surface area contributed by atoms with Gasteiger partial charge in [0, 0.05) is 17.3 Å². The number of allylic oxidation sites excluding steroid dienone is 3. The van der Waals surface area contributed by atoms with E-state index >= 15 is 0 Å². The summed E-state index contributed by atoms with van der Waals surface area (Å²) in [4.78, 5) is 26.0. The highest BCUT2D eigenvalue weighted by molar-refractivity contribution is 5.89. The zero-order chi connectivity index (χ0) is 21.4. The molecule has 1 N–H and O–H groups in total. The molecule has 3 rings (SSSR count). The van der Waals surface area contributed by atoms with E-state index in [0.717, 1.165) is 12.0 Å². The maximum Gasteiger partial charge on any atom is 0.311 e. The molecule has 2 aliphatic carbocycles. The van der Waals surface area contributed by atoms with E-state index in [0.29, 0.717) is 12.8 Å². The van der Waals surface area contributed by atoms with Gasteiger partial charge in [-0.2, -0.15) is 0 Å². The maximum absolute atomic E-state index is 13.0. The third-order valence-corrected chi connectivity index (χ3v) is 7.94. The van der Waals surface area contributed by atoms with Crippen molar-refractivity contribution < 1.29 is 14.7 Å². The molecule has 0 saturated heterocycles. The molecule has 2 aliphatic rings. The molecule has 0 unspecified atom stereocenters. The number of hydrogen-bond acceptors (Lipinski definition) is 2. The molecule has 6 atom stereocenters. The Morgan fingerprint density at radius 1 is 1.07 bits per heavy atom. The average Bonchev–Trinajstić information content (AvgIpc) is 2.96. The highest BCUT2D eigenvalue weighted by Crippen LogP contribution is 2.65. The van der Waals surface area contributed by atoms with Crippen molar-refractivity contribution in [2.24, 2.45) is 34.5 Å². The summed E-state index contributed by atoms with van der Waals surface area (Å²) < 4.78 is 0. The van der Waals surface area contributed by atoms with Crippen LogP contribution in [-0.4, -0.2) is 16.9 Å². The number of fused-ring (bicyclic) bond motifs is 1. The predicted octanol–water partition coefficient (Wildman–Crippen LogP) is 6.01. The number of carbonyl (C=O) groups is 2. The van der Waals surface area contributed by atoms with Gasteiger partial charge in [0.05, 0.1) is 5.41 Å². The molecule has 3 heteroatoms. The molecule has 1 aromatic rings. The Kier molecular flexibility index (Phi) is 5.89. The molecule has 0 spiro atoms. The van der Waals surface area contributed by atoms with Crippen molar-refractivity contribution in [2.45, 2.75) is 53.9 Å². The largest absolute Gasteiger partial charge is 0.481 e. The Morgan fingerprint density at radius 2 is 1.72 bits per heavy atom. The van der Waals surface area contributed by atoms with E-state index in [2.05, 4.69) is 32.1 Å². The lowest BCUT2D eigenvalue weighted by atomic mass is 9.47. The van der Waals surface area contributed by atoms with E-state index in [9.17, 15) is 14.7 Å². The summed E-state index contributed by atoms with van der Waals surface area (Å²) in [5.74, 6) is -1.04. The van der Waals surface area contributed by atoms with Gasteiger partial charge in [-0.15, -0.1) is 0 Å². The molecular formula is C26H34O3. The van der Waals surface area contributed by atoms with Crippen molar-refractivity contribution in [1.29, 1.82) is 0 Å². The van der Waals surface area contributed by atoms with Crippen LogP contribution in [0.2, 0.25) is 0 Å². The molecule has 29 heavy (non-hydrogen) atoms. The predicted molar refractivity (Wildman–Crippen MR) is 117 cm³/mol. The summed E-state index contributed by atoms with van der Waals surface area (Å²) >= 11 is 0. The van der Waals surface area contributed by atoms with Crippen molar-refractivity contribution in [3.05, 3.63) is 53.6 Å². The number of aliphatic carboxylic acids is 1. The number of Topliss-reactive ketones (excluding diaryl/α,β-unsaturated/α-hetero) is 1. The van der Waals surface area contributed by atoms with Gasteiger partial charge in [-0.3, -0.25) is 9.59 Å². The monoisotopic (exact) mass is 394 g/mol. The molecule has 3 nitrogen and oxygen atoms in total. The summed E-state index contributed by atoms with van der Waals surface area (Å²) in [7, 11) is 0. The van der Waals surface area contributed by atoms with E-state index in [4.69, 9.17) is 0 Å². The molecule has 0 radical (unpaired) electrons. The van der Waals surface area contributed by atoms with Crippen LogP contribution in [0.25, 0.3) is 6.08 Å². The molecule has 1 fully saturated rings. The lowest BCUT2D eigenvalue weighted by Crippen LogP contribution is -2.56. The zero-order valence-electron chi connectivity index (χ0n) is 18.3. The standard InChI is InChI=1S/C26H34O3/c1-6-20-16-25(7-2,15-14-19-12-10-9-11-13-19)26(8-3,24(28)29)22-18(5)23(27)17(4)21(20)22/h9-18,21-22H,6-8H2,1-5H3,(H,28,29)/b15-14+/t17-,18-,21+,22-,25-,26-/m0/s1. The van der Waals surface area contributed by atoms with Gasteiger partial charge in [-0.1, -0.05) is 88.8 Å². The summed E-state index contributed by atoms with van der Waals surface area (Å²) in [5.41, 5.74) is 0.711. The second-order valence-corrected chi connectivity index (χ2v) is 8.87. The average molecular weight is 395 g/mol. The number of rotatable bonds is 6. The first-order valence-electron chi connectivity index (χ1n) is 11.0. The van der Waals surface area contributed by atoms with Crippen LogP contribution in [0.1, 0.15) is 59.4 Å². The summed E-state index contributed by atoms with van der Waals surface area (Å²) in [5, 5.41) is 10.7. The Hall–Kier alpha value is -2.16. The third kappa shape index (κ3) is 3.01. The molecule has 0 bridgehead atoms. The fourth-order valence-electron chi connectivity index (χ4n) is 6.48. The van der Waals surface area contributed by atoms with Crippen LogP contribution in [0.4, 0.5) is 0 Å². The molecule has 0 aromatic heterocycles. The van der Waals surface area contributed by atoms with Crippen LogP contribution < -0.4 is 0 Å². The number of carboxylic acids is 1. The van der Waals surface area contributed by atoms with Gasteiger partial charge in [-0.25, -0.2) is 0 Å². The minimum absolute atomic E-state index is 0.0309. The Morgan fingerprint density at radius 3 is 2.24 bits per heavy atom. The quantitative estimate of drug-likeness (QED) is 0.601. The highest BCUT2D eigenvalue weighted by atomic mass is 16.4. The molecule has 1 aromatic carbocycles. The third-order valence-electron chi connectivity index (χ3n) is 7.94. The van der Waals surface area contributed by atoms with Crippen molar-refractivity contribution >= 4 is 17.8 Å². The van der Waals surface area contributed by atoms with Crippen LogP contribution in [0.3, 0.4) is 0 Å². The van der Waals surface area contributed by atoms with E-state index in [1.807, 2.05) is 51.1 Å². The molecular weight excluding hydrogens is 360 g/mol. The van der Waals surface area contributed by atoms with Crippen LogP contribution in [0.5, 0.6) is 0 Å². The molecule has 0 aliphatic heterocycles. The van der Waals surface area contributed by atoms with E-state index in [1.165, 1.54) is 5.57 Å². The molecule has 156 valence electrons. The minimum Gasteiger partial charge on any atom is -0.481 e. The Labute approximate surface area is 174 Å². The second-order valence-electron chi connectivity index (χ2n) is 8.87. The van der Waals surface area contributed by atoms with Gasteiger partial charge in [0.1, 0.15) is 5.78 Å². The zero-order valence-corrected chi connectivity index (χ0v) is 18.3. The normalized spacial score (nSPS) is 36.9. The fourth-order valence-corrected chi connectivity index (χ4v) is 6.48. The number of benzene rings is 1. The van der Waals surface area contributed by atoms with Crippen molar-refractivity contribution in [3.8, 4) is 0 Å². The van der Waals surface area contributed by atoms with Gasteiger partial charge in [0.15, 0.2) is 0 Å². The van der Waals surface area contributed by atoms with E-state index in [1.54, 1.807) is 0 Å². The van der Waals surface area contributed by atoms with Gasteiger partial charge in [0.2, 0.25) is 0 Å². The maximum atomic E-state index is 13.0. The fraction of sp³-hybridized carbons (Fsp3) is 0.538.